The maximum Gasteiger partial charge on any atom is 0.172 e. The molecule has 2 aliphatic carbocycles. The second kappa shape index (κ2) is 4.98. The topological polar surface area (TPSA) is 7.12 Å². The Balaban J connectivity index is 1.82. The molecule has 0 fully saturated rings. The molecule has 0 N–H and O–H groups in total. The lowest BCUT2D eigenvalue weighted by molar-refractivity contribution is -0.672. The Morgan fingerprint density at radius 2 is 2.00 bits per heavy atom. The zero-order valence-electron chi connectivity index (χ0n) is 13.6. The number of anilines is 1. The molecule has 0 aliphatic heterocycles. The molecule has 1 heterocycles. The number of benzene rings is 1. The first-order valence-corrected chi connectivity index (χ1v) is 8.12. The number of aryl methyl sites for hydroxylation is 2. The van der Waals surface area contributed by atoms with E-state index >= 15 is 0 Å². The SMILES string of the molecule is CN(C)c1ccc2c(c1)CCC1Cc3c[n+](C)ccc3C=C21. The van der Waals surface area contributed by atoms with Gasteiger partial charge in [0, 0.05) is 31.4 Å². The third-order valence-corrected chi connectivity index (χ3v) is 5.12. The molecule has 1 atom stereocenters. The van der Waals surface area contributed by atoms with Crippen molar-refractivity contribution in [2.24, 2.45) is 13.0 Å². The van der Waals surface area contributed by atoms with Crippen LogP contribution >= 0.6 is 0 Å². The van der Waals surface area contributed by atoms with Crippen molar-refractivity contribution in [1.29, 1.82) is 0 Å². The average molecular weight is 291 g/mol. The predicted molar refractivity (Wildman–Crippen MR) is 91.8 cm³/mol. The van der Waals surface area contributed by atoms with Crippen LogP contribution in [0.15, 0.2) is 36.7 Å². The van der Waals surface area contributed by atoms with Gasteiger partial charge in [0.2, 0.25) is 0 Å². The molecule has 0 saturated heterocycles. The summed E-state index contributed by atoms with van der Waals surface area (Å²) in [5, 5.41) is 0. The van der Waals surface area contributed by atoms with Crippen molar-refractivity contribution in [2.45, 2.75) is 19.3 Å². The van der Waals surface area contributed by atoms with Crippen molar-refractivity contribution in [2.75, 3.05) is 19.0 Å². The van der Waals surface area contributed by atoms with E-state index in [9.17, 15) is 0 Å². The number of fused-ring (bicyclic) bond motifs is 4. The Morgan fingerprint density at radius 3 is 2.82 bits per heavy atom. The monoisotopic (exact) mass is 291 g/mol. The van der Waals surface area contributed by atoms with Crippen molar-refractivity contribution in [3.8, 4) is 0 Å². The summed E-state index contributed by atoms with van der Waals surface area (Å²) in [6.45, 7) is 0. The average Bonchev–Trinajstić information content (AvgIpc) is 2.52. The van der Waals surface area contributed by atoms with Gasteiger partial charge < -0.3 is 4.90 Å². The van der Waals surface area contributed by atoms with E-state index < -0.39 is 0 Å². The first kappa shape index (κ1) is 13.6. The van der Waals surface area contributed by atoms with Crippen molar-refractivity contribution < 1.29 is 4.57 Å². The zero-order chi connectivity index (χ0) is 15.3. The van der Waals surface area contributed by atoms with Crippen LogP contribution in [0.4, 0.5) is 5.69 Å². The molecule has 2 heteroatoms. The van der Waals surface area contributed by atoms with Crippen LogP contribution in [0, 0.1) is 5.92 Å². The molecule has 2 nitrogen and oxygen atoms in total. The minimum absolute atomic E-state index is 0.688. The Hall–Kier alpha value is -2.09. The molecule has 22 heavy (non-hydrogen) atoms. The first-order valence-electron chi connectivity index (χ1n) is 8.12. The van der Waals surface area contributed by atoms with Crippen molar-refractivity contribution in [1.82, 2.24) is 0 Å². The normalized spacial score (nSPS) is 18.9. The summed E-state index contributed by atoms with van der Waals surface area (Å²) in [5.74, 6) is 0.688. The van der Waals surface area contributed by atoms with Gasteiger partial charge in [0.05, 0.1) is 0 Å². The van der Waals surface area contributed by atoms with E-state index in [4.69, 9.17) is 0 Å². The number of pyridine rings is 1. The maximum atomic E-state index is 2.43. The summed E-state index contributed by atoms with van der Waals surface area (Å²) in [6.07, 6.45) is 10.5. The molecule has 2 aliphatic rings. The Kier molecular flexibility index (Phi) is 3.07. The quantitative estimate of drug-likeness (QED) is 0.732. The Bertz CT molecular complexity index is 771. The summed E-state index contributed by atoms with van der Waals surface area (Å²) in [7, 11) is 6.34. The lowest BCUT2D eigenvalue weighted by atomic mass is 9.73. The number of nitrogens with zero attached hydrogens (tertiary/aromatic N) is 2. The van der Waals surface area contributed by atoms with Gasteiger partial charge in [0.25, 0.3) is 0 Å². The fourth-order valence-electron chi connectivity index (χ4n) is 3.87. The van der Waals surface area contributed by atoms with E-state index in [2.05, 4.69) is 73.3 Å². The molecule has 1 aromatic carbocycles. The smallest absolute Gasteiger partial charge is 0.172 e. The van der Waals surface area contributed by atoms with Crippen LogP contribution in [0.2, 0.25) is 0 Å². The van der Waals surface area contributed by atoms with Crippen molar-refractivity contribution in [3.63, 3.8) is 0 Å². The highest BCUT2D eigenvalue weighted by molar-refractivity contribution is 5.88. The standard InChI is InChI=1S/C20H23N2/c1-21(2)18-6-7-19-16(11-18)5-4-15-10-17-13-22(3)9-8-14(17)12-20(15)19/h6-9,11-13,15H,4-5,10H2,1-3H3/q+1. The van der Waals surface area contributed by atoms with Gasteiger partial charge in [0.1, 0.15) is 7.05 Å². The number of hydrogen-bond acceptors (Lipinski definition) is 1. The summed E-state index contributed by atoms with van der Waals surface area (Å²) in [6, 6.07) is 9.20. The lowest BCUT2D eigenvalue weighted by Crippen LogP contribution is -2.29. The number of allylic oxidation sites excluding steroid dienone is 1. The lowest BCUT2D eigenvalue weighted by Gasteiger charge is -2.32. The fraction of sp³-hybridized carbons (Fsp3) is 0.350. The molecular formula is C20H23N2+. The van der Waals surface area contributed by atoms with E-state index in [1.165, 1.54) is 47.2 Å². The Morgan fingerprint density at radius 1 is 1.14 bits per heavy atom. The minimum atomic E-state index is 0.688. The molecule has 4 rings (SSSR count). The van der Waals surface area contributed by atoms with Gasteiger partial charge in [-0.3, -0.25) is 0 Å². The summed E-state index contributed by atoms with van der Waals surface area (Å²) in [4.78, 5) is 2.19. The maximum absolute atomic E-state index is 2.43. The molecule has 0 saturated carbocycles. The molecule has 0 bridgehead atoms. The molecule has 112 valence electrons. The molecule has 1 aromatic heterocycles. The second-order valence-electron chi connectivity index (χ2n) is 6.87. The highest BCUT2D eigenvalue weighted by Gasteiger charge is 2.29. The fourth-order valence-corrected chi connectivity index (χ4v) is 3.87. The highest BCUT2D eigenvalue weighted by atomic mass is 15.1. The van der Waals surface area contributed by atoms with E-state index in [0.29, 0.717) is 5.92 Å². The highest BCUT2D eigenvalue weighted by Crippen LogP contribution is 2.42. The van der Waals surface area contributed by atoms with E-state index in [0.717, 1.165) is 0 Å². The van der Waals surface area contributed by atoms with E-state index in [1.807, 2.05) is 0 Å². The van der Waals surface area contributed by atoms with Gasteiger partial charge in [-0.15, -0.1) is 0 Å². The molecule has 0 amide bonds. The van der Waals surface area contributed by atoms with E-state index in [-0.39, 0.29) is 0 Å². The third-order valence-electron chi connectivity index (χ3n) is 5.12. The molecule has 0 spiro atoms. The first-order chi connectivity index (χ1) is 10.6. The minimum Gasteiger partial charge on any atom is -0.378 e. The van der Waals surface area contributed by atoms with Crippen LogP contribution in [-0.2, 0) is 19.9 Å². The van der Waals surface area contributed by atoms with Crippen molar-refractivity contribution in [3.05, 3.63) is 58.9 Å². The zero-order valence-corrected chi connectivity index (χ0v) is 13.6. The van der Waals surface area contributed by atoms with Gasteiger partial charge in [-0.05, 0) is 59.6 Å². The van der Waals surface area contributed by atoms with Gasteiger partial charge in [-0.25, -0.2) is 4.57 Å². The Labute approximate surface area is 132 Å². The summed E-state index contributed by atoms with van der Waals surface area (Å²) < 4.78 is 2.16. The van der Waals surface area contributed by atoms with Crippen LogP contribution in [0.25, 0.3) is 11.6 Å². The molecule has 1 unspecified atom stereocenters. The molecule has 0 radical (unpaired) electrons. The van der Waals surface area contributed by atoms with E-state index in [1.54, 1.807) is 5.57 Å². The largest absolute Gasteiger partial charge is 0.378 e. The van der Waals surface area contributed by atoms with Crippen LogP contribution < -0.4 is 9.47 Å². The van der Waals surface area contributed by atoms with Crippen molar-refractivity contribution >= 4 is 17.3 Å². The third kappa shape index (κ3) is 2.14. The van der Waals surface area contributed by atoms with Crippen LogP contribution in [0.3, 0.4) is 0 Å². The summed E-state index contributed by atoms with van der Waals surface area (Å²) >= 11 is 0. The van der Waals surface area contributed by atoms with Crippen LogP contribution in [0.5, 0.6) is 0 Å². The molecule has 2 aromatic rings. The second-order valence-corrected chi connectivity index (χ2v) is 6.87. The summed E-state index contributed by atoms with van der Waals surface area (Å²) in [5.41, 5.74) is 8.73. The van der Waals surface area contributed by atoms with Crippen LogP contribution in [0.1, 0.15) is 28.7 Å². The predicted octanol–water partition coefficient (Wildman–Crippen LogP) is 3.24. The van der Waals surface area contributed by atoms with Gasteiger partial charge in [-0.2, -0.15) is 0 Å². The number of aromatic nitrogens is 1. The van der Waals surface area contributed by atoms with Crippen LogP contribution in [-0.4, -0.2) is 14.1 Å². The number of rotatable bonds is 1. The van der Waals surface area contributed by atoms with Gasteiger partial charge in [-0.1, -0.05) is 12.1 Å². The van der Waals surface area contributed by atoms with Gasteiger partial charge >= 0.3 is 0 Å². The number of hydrogen-bond donors (Lipinski definition) is 0. The molecular weight excluding hydrogens is 268 g/mol. The van der Waals surface area contributed by atoms with Gasteiger partial charge in [0.15, 0.2) is 12.4 Å².